The standard InChI is InChI=1S/C16H23NO2/c1-11-5-4-6-12(2)17(11)10-15-9-14(13(3)18)7-8-16(15)19/h7-9,11-12,19H,4-6,10H2,1-3H3. The maximum Gasteiger partial charge on any atom is 0.159 e. The number of likely N-dealkylation sites (tertiary alicyclic amines) is 1. The number of phenolic OH excluding ortho intramolecular Hbond substituents is 1. The van der Waals surface area contributed by atoms with Gasteiger partial charge in [0, 0.05) is 29.8 Å². The molecule has 1 aromatic rings. The maximum absolute atomic E-state index is 11.4. The molecule has 0 spiro atoms. The van der Waals surface area contributed by atoms with Crippen molar-refractivity contribution in [2.75, 3.05) is 0 Å². The van der Waals surface area contributed by atoms with Gasteiger partial charge in [0.1, 0.15) is 5.75 Å². The number of hydrogen-bond donors (Lipinski definition) is 1. The monoisotopic (exact) mass is 261 g/mol. The van der Waals surface area contributed by atoms with Gasteiger partial charge >= 0.3 is 0 Å². The number of hydrogen-bond acceptors (Lipinski definition) is 3. The molecular formula is C16H23NO2. The van der Waals surface area contributed by atoms with Crippen LogP contribution in [0.5, 0.6) is 5.75 Å². The van der Waals surface area contributed by atoms with Gasteiger partial charge in [-0.25, -0.2) is 0 Å². The van der Waals surface area contributed by atoms with Crippen molar-refractivity contribution in [3.05, 3.63) is 29.3 Å². The Morgan fingerprint density at radius 2 is 1.95 bits per heavy atom. The summed E-state index contributed by atoms with van der Waals surface area (Å²) in [5.74, 6) is 0.330. The van der Waals surface area contributed by atoms with E-state index in [4.69, 9.17) is 0 Å². The van der Waals surface area contributed by atoms with E-state index in [9.17, 15) is 9.90 Å². The third-order valence-electron chi connectivity index (χ3n) is 4.22. The van der Waals surface area contributed by atoms with Gasteiger partial charge in [0.2, 0.25) is 0 Å². The summed E-state index contributed by atoms with van der Waals surface area (Å²) in [6.07, 6.45) is 3.69. The zero-order valence-electron chi connectivity index (χ0n) is 12.0. The molecule has 19 heavy (non-hydrogen) atoms. The Labute approximate surface area is 115 Å². The van der Waals surface area contributed by atoms with Crippen molar-refractivity contribution in [1.29, 1.82) is 0 Å². The molecule has 3 heteroatoms. The first-order valence-corrected chi connectivity index (χ1v) is 7.07. The fourth-order valence-corrected chi connectivity index (χ4v) is 2.91. The Balaban J connectivity index is 2.21. The molecule has 0 radical (unpaired) electrons. The van der Waals surface area contributed by atoms with Gasteiger partial charge in [-0.05, 0) is 51.8 Å². The van der Waals surface area contributed by atoms with E-state index in [0.29, 0.717) is 17.6 Å². The average molecular weight is 261 g/mol. The summed E-state index contributed by atoms with van der Waals surface area (Å²) >= 11 is 0. The fraction of sp³-hybridized carbons (Fsp3) is 0.562. The predicted octanol–water partition coefficient (Wildman–Crippen LogP) is 3.36. The molecule has 2 rings (SSSR count). The van der Waals surface area contributed by atoms with Crippen LogP contribution in [0.4, 0.5) is 0 Å². The highest BCUT2D eigenvalue weighted by molar-refractivity contribution is 5.94. The summed E-state index contributed by atoms with van der Waals surface area (Å²) in [7, 11) is 0. The molecule has 0 aromatic heterocycles. The molecule has 1 aliphatic heterocycles. The third kappa shape index (κ3) is 3.16. The summed E-state index contributed by atoms with van der Waals surface area (Å²) < 4.78 is 0. The number of phenols is 1. The molecule has 2 unspecified atom stereocenters. The lowest BCUT2D eigenvalue weighted by molar-refractivity contribution is 0.0942. The number of benzene rings is 1. The van der Waals surface area contributed by atoms with Crippen LogP contribution in [0.25, 0.3) is 0 Å². The lowest BCUT2D eigenvalue weighted by Crippen LogP contribution is -2.42. The number of rotatable bonds is 3. The van der Waals surface area contributed by atoms with Gasteiger partial charge < -0.3 is 5.11 Å². The van der Waals surface area contributed by atoms with Crippen molar-refractivity contribution in [2.45, 2.75) is 58.7 Å². The average Bonchev–Trinajstić information content (AvgIpc) is 2.35. The minimum atomic E-state index is 0.0426. The van der Waals surface area contributed by atoms with Crippen molar-refractivity contribution in [1.82, 2.24) is 4.90 Å². The van der Waals surface area contributed by atoms with Gasteiger partial charge in [-0.3, -0.25) is 9.69 Å². The summed E-state index contributed by atoms with van der Waals surface area (Å²) in [4.78, 5) is 13.9. The van der Waals surface area contributed by atoms with Crippen LogP contribution >= 0.6 is 0 Å². The molecule has 1 aromatic carbocycles. The molecule has 1 N–H and O–H groups in total. The van der Waals surface area contributed by atoms with Crippen molar-refractivity contribution < 1.29 is 9.90 Å². The van der Waals surface area contributed by atoms with Gasteiger partial charge in [-0.15, -0.1) is 0 Å². The molecule has 0 bridgehead atoms. The van der Waals surface area contributed by atoms with Gasteiger partial charge in [-0.1, -0.05) is 6.42 Å². The van der Waals surface area contributed by atoms with Crippen LogP contribution in [-0.4, -0.2) is 27.9 Å². The Hall–Kier alpha value is -1.35. The van der Waals surface area contributed by atoms with E-state index in [2.05, 4.69) is 18.7 Å². The minimum Gasteiger partial charge on any atom is -0.508 e. The van der Waals surface area contributed by atoms with Crippen molar-refractivity contribution >= 4 is 5.78 Å². The summed E-state index contributed by atoms with van der Waals surface area (Å²) in [5.41, 5.74) is 1.53. The highest BCUT2D eigenvalue weighted by atomic mass is 16.3. The zero-order valence-corrected chi connectivity index (χ0v) is 12.0. The zero-order chi connectivity index (χ0) is 14.0. The van der Waals surface area contributed by atoms with Crippen LogP contribution in [0.1, 0.15) is 56.0 Å². The second-order valence-electron chi connectivity index (χ2n) is 5.70. The number of ketones is 1. The number of carbonyl (C=O) groups excluding carboxylic acids is 1. The smallest absolute Gasteiger partial charge is 0.159 e. The predicted molar refractivity (Wildman–Crippen MR) is 76.4 cm³/mol. The second-order valence-corrected chi connectivity index (χ2v) is 5.70. The Morgan fingerprint density at radius 3 is 2.53 bits per heavy atom. The van der Waals surface area contributed by atoms with Gasteiger partial charge in [0.05, 0.1) is 0 Å². The number of carbonyl (C=O) groups is 1. The minimum absolute atomic E-state index is 0.0426. The molecule has 104 valence electrons. The molecular weight excluding hydrogens is 238 g/mol. The molecule has 3 nitrogen and oxygen atoms in total. The molecule has 0 aliphatic carbocycles. The van der Waals surface area contributed by atoms with Crippen LogP contribution < -0.4 is 0 Å². The highest BCUT2D eigenvalue weighted by Crippen LogP contribution is 2.28. The first-order valence-electron chi connectivity index (χ1n) is 7.07. The van der Waals surface area contributed by atoms with Crippen LogP contribution in [0.3, 0.4) is 0 Å². The van der Waals surface area contributed by atoms with Crippen LogP contribution in [-0.2, 0) is 6.54 Å². The largest absolute Gasteiger partial charge is 0.508 e. The summed E-state index contributed by atoms with van der Waals surface area (Å²) in [6.45, 7) is 6.75. The quantitative estimate of drug-likeness (QED) is 0.848. The number of nitrogens with zero attached hydrogens (tertiary/aromatic N) is 1. The Bertz CT molecular complexity index is 460. The molecule has 1 aliphatic rings. The number of piperidine rings is 1. The Morgan fingerprint density at radius 1 is 1.32 bits per heavy atom. The molecule has 0 saturated carbocycles. The van der Waals surface area contributed by atoms with E-state index < -0.39 is 0 Å². The van der Waals surface area contributed by atoms with Crippen molar-refractivity contribution in [3.63, 3.8) is 0 Å². The Kier molecular flexibility index (Phi) is 4.25. The fourth-order valence-electron chi connectivity index (χ4n) is 2.91. The first-order chi connectivity index (χ1) is 8.99. The van der Waals surface area contributed by atoms with Gasteiger partial charge in [-0.2, -0.15) is 0 Å². The number of aromatic hydroxyl groups is 1. The lowest BCUT2D eigenvalue weighted by Gasteiger charge is -2.39. The lowest BCUT2D eigenvalue weighted by atomic mass is 9.96. The normalized spacial score (nSPS) is 24.4. The maximum atomic E-state index is 11.4. The second kappa shape index (κ2) is 5.74. The van der Waals surface area contributed by atoms with E-state index in [1.54, 1.807) is 19.1 Å². The molecule has 2 atom stereocenters. The number of Topliss-reactive ketones (excluding diaryl/α,β-unsaturated/α-hetero) is 1. The van der Waals surface area contributed by atoms with E-state index in [-0.39, 0.29) is 11.5 Å². The third-order valence-corrected chi connectivity index (χ3v) is 4.22. The van der Waals surface area contributed by atoms with Crippen molar-refractivity contribution in [3.8, 4) is 5.75 Å². The van der Waals surface area contributed by atoms with Crippen LogP contribution in [0.15, 0.2) is 18.2 Å². The van der Waals surface area contributed by atoms with Gasteiger partial charge in [0.15, 0.2) is 5.78 Å². The van der Waals surface area contributed by atoms with Crippen LogP contribution in [0, 0.1) is 0 Å². The van der Waals surface area contributed by atoms with Crippen molar-refractivity contribution in [2.24, 2.45) is 0 Å². The molecule has 1 fully saturated rings. The SMILES string of the molecule is CC(=O)c1ccc(O)c(CN2C(C)CCCC2C)c1. The highest BCUT2D eigenvalue weighted by Gasteiger charge is 2.25. The molecule has 1 saturated heterocycles. The van der Waals surface area contributed by atoms with E-state index >= 15 is 0 Å². The topological polar surface area (TPSA) is 40.5 Å². The van der Waals surface area contributed by atoms with E-state index in [1.165, 1.54) is 19.3 Å². The van der Waals surface area contributed by atoms with Gasteiger partial charge in [0.25, 0.3) is 0 Å². The summed E-state index contributed by atoms with van der Waals surface area (Å²) in [5, 5.41) is 9.98. The molecule has 0 amide bonds. The first kappa shape index (κ1) is 14.1. The summed E-state index contributed by atoms with van der Waals surface area (Å²) in [6, 6.07) is 6.20. The van der Waals surface area contributed by atoms with E-state index in [1.807, 2.05) is 6.07 Å². The van der Waals surface area contributed by atoms with E-state index in [0.717, 1.165) is 12.1 Å². The molecule has 1 heterocycles. The van der Waals surface area contributed by atoms with Crippen LogP contribution in [0.2, 0.25) is 0 Å².